The second-order valence-corrected chi connectivity index (χ2v) is 13.4. The van der Waals surface area contributed by atoms with Gasteiger partial charge >= 0.3 is 6.09 Å². The molecule has 0 radical (unpaired) electrons. The lowest BCUT2D eigenvalue weighted by atomic mass is 10.2. The first-order valence-electron chi connectivity index (χ1n) is 10.8. The molecule has 0 aliphatic carbocycles. The molecule has 1 aromatic carbocycles. The van der Waals surface area contributed by atoms with E-state index in [0.29, 0.717) is 40.5 Å². The van der Waals surface area contributed by atoms with E-state index in [2.05, 4.69) is 25.9 Å². The molecule has 1 unspecified atom stereocenters. The highest BCUT2D eigenvalue weighted by Gasteiger charge is 2.16. The van der Waals surface area contributed by atoms with Gasteiger partial charge in [-0.2, -0.15) is 4.98 Å². The molecule has 0 bridgehead atoms. The molecule has 2 aromatic rings. The summed E-state index contributed by atoms with van der Waals surface area (Å²) in [6.45, 7) is 10.5. The van der Waals surface area contributed by atoms with E-state index in [-0.39, 0.29) is 5.25 Å². The van der Waals surface area contributed by atoms with E-state index >= 15 is 0 Å². The number of amides is 1. The summed E-state index contributed by atoms with van der Waals surface area (Å²) in [5, 5.41) is 9.48. The Balaban J connectivity index is 1.78. The molecule has 34 heavy (non-hydrogen) atoms. The van der Waals surface area contributed by atoms with Crippen LogP contribution in [0.5, 0.6) is 0 Å². The lowest BCUT2D eigenvalue weighted by Crippen LogP contribution is -2.33. The molecule has 0 fully saturated rings. The average molecular weight is 546 g/mol. The fourth-order valence-corrected chi connectivity index (χ4v) is 5.51. The summed E-state index contributed by atoms with van der Waals surface area (Å²) in [5.74, 6) is 2.49. The third kappa shape index (κ3) is 10.3. The predicted molar refractivity (Wildman–Crippen MR) is 146 cm³/mol. The maximum absolute atomic E-state index is 12.6. The summed E-state index contributed by atoms with van der Waals surface area (Å²) in [5.41, 5.74) is 0.209. The molecule has 188 valence electrons. The third-order valence-corrected chi connectivity index (χ3v) is 8.27. The van der Waals surface area contributed by atoms with Crippen LogP contribution >= 0.6 is 33.2 Å². The Kier molecular flexibility index (Phi) is 11.8. The molecule has 0 spiro atoms. The van der Waals surface area contributed by atoms with Crippen LogP contribution in [0.3, 0.4) is 0 Å². The fourth-order valence-electron chi connectivity index (χ4n) is 2.50. The molecule has 2 rings (SSSR count). The Hall–Kier alpha value is -1.69. The molecule has 1 amide bonds. The van der Waals surface area contributed by atoms with Crippen molar-refractivity contribution in [3.8, 4) is 0 Å². The van der Waals surface area contributed by atoms with Gasteiger partial charge in [0, 0.05) is 29.8 Å². The minimum atomic E-state index is -1.15. The summed E-state index contributed by atoms with van der Waals surface area (Å²) < 4.78 is 17.8. The lowest BCUT2D eigenvalue weighted by molar-refractivity contribution is 0.0531. The number of ether oxygens (including phenoxy) is 1. The number of para-hydroxylation sites is 1. The smallest absolute Gasteiger partial charge is 0.407 e. The monoisotopic (exact) mass is 545 g/mol. The van der Waals surface area contributed by atoms with Crippen LogP contribution in [0, 0.1) is 0 Å². The molecular formula is C22H32ClN5O3S3. The quantitative estimate of drug-likeness (QED) is 0.228. The third-order valence-electron chi connectivity index (χ3n) is 3.93. The van der Waals surface area contributed by atoms with Gasteiger partial charge in [-0.3, -0.25) is 4.21 Å². The number of halogens is 1. The zero-order valence-corrected chi connectivity index (χ0v) is 23.2. The number of alkyl carbamates (subject to hydrolysis) is 1. The number of carbonyl (C=O) groups is 1. The summed E-state index contributed by atoms with van der Waals surface area (Å²) in [6, 6.07) is 7.42. The highest BCUT2D eigenvalue weighted by molar-refractivity contribution is 8.76. The van der Waals surface area contributed by atoms with Gasteiger partial charge in [0.1, 0.15) is 10.6 Å². The topological polar surface area (TPSA) is 105 Å². The number of hydrogen-bond acceptors (Lipinski definition) is 9. The molecule has 1 atom stereocenters. The number of benzene rings is 1. The molecule has 3 N–H and O–H groups in total. The normalized spacial score (nSPS) is 12.3. The molecule has 0 saturated carbocycles. The van der Waals surface area contributed by atoms with Crippen molar-refractivity contribution in [2.45, 2.75) is 50.4 Å². The zero-order chi connectivity index (χ0) is 25.1. The summed E-state index contributed by atoms with van der Waals surface area (Å²) in [7, 11) is 2.20. The van der Waals surface area contributed by atoms with Crippen LogP contribution in [0.1, 0.15) is 34.6 Å². The van der Waals surface area contributed by atoms with Crippen LogP contribution in [0.2, 0.25) is 5.02 Å². The van der Waals surface area contributed by atoms with E-state index in [9.17, 15) is 9.00 Å². The molecule has 0 aliphatic heterocycles. The molecule has 8 nitrogen and oxygen atoms in total. The van der Waals surface area contributed by atoms with Crippen LogP contribution in [-0.4, -0.2) is 55.7 Å². The van der Waals surface area contributed by atoms with Gasteiger partial charge in [0.15, 0.2) is 5.82 Å². The van der Waals surface area contributed by atoms with Crippen molar-refractivity contribution in [2.24, 2.45) is 0 Å². The van der Waals surface area contributed by atoms with Crippen molar-refractivity contribution in [3.05, 3.63) is 35.5 Å². The van der Waals surface area contributed by atoms with Crippen molar-refractivity contribution < 1.29 is 13.7 Å². The van der Waals surface area contributed by atoms with Crippen LogP contribution < -0.4 is 16.0 Å². The Morgan fingerprint density at radius 1 is 1.18 bits per heavy atom. The van der Waals surface area contributed by atoms with E-state index < -0.39 is 22.5 Å². The molecule has 1 heterocycles. The molecule has 12 heteroatoms. The van der Waals surface area contributed by atoms with Crippen LogP contribution in [0.25, 0.3) is 0 Å². The minimum absolute atomic E-state index is 0.00971. The largest absolute Gasteiger partial charge is 0.444 e. The molecule has 1 aromatic heterocycles. The number of nitrogens with one attached hydrogen (secondary N) is 3. The zero-order valence-electron chi connectivity index (χ0n) is 20.0. The lowest BCUT2D eigenvalue weighted by Gasteiger charge is -2.19. The fraction of sp³-hybridized carbons (Fsp3) is 0.500. The van der Waals surface area contributed by atoms with E-state index in [4.69, 9.17) is 16.3 Å². The van der Waals surface area contributed by atoms with Gasteiger partial charge in [0.25, 0.3) is 0 Å². The van der Waals surface area contributed by atoms with Gasteiger partial charge in [-0.15, -0.1) is 0 Å². The van der Waals surface area contributed by atoms with Crippen molar-refractivity contribution >= 4 is 67.5 Å². The van der Waals surface area contributed by atoms with Gasteiger partial charge < -0.3 is 20.7 Å². The number of nitrogens with zero attached hydrogens (tertiary/aromatic N) is 2. The highest BCUT2D eigenvalue weighted by atomic mass is 35.5. The number of rotatable bonds is 12. The standard InChI is InChI=1S/C22H32ClN5O3S3/c1-15(2)34(30)18-9-7-6-8-17(18)27-19-16(23)14-26-20(28-19)24-10-12-32-33-13-11-25-21(29)31-22(3,4)5/h6-9,14-15H,10-13H2,1-5H3,(H,25,29)(H2,24,26,27,28). The van der Waals surface area contributed by atoms with Crippen LogP contribution in [-0.2, 0) is 15.5 Å². The average Bonchev–Trinajstić information content (AvgIpc) is 2.76. The van der Waals surface area contributed by atoms with E-state index in [0.717, 1.165) is 11.5 Å². The van der Waals surface area contributed by atoms with Gasteiger partial charge in [0.05, 0.1) is 27.6 Å². The Labute approximate surface area is 217 Å². The summed E-state index contributed by atoms with van der Waals surface area (Å²) in [6.07, 6.45) is 1.13. The number of hydrogen-bond donors (Lipinski definition) is 3. The second-order valence-electron chi connectivity index (χ2n) is 8.36. The van der Waals surface area contributed by atoms with E-state index in [1.165, 1.54) is 6.20 Å². The van der Waals surface area contributed by atoms with Crippen LogP contribution in [0.4, 0.5) is 22.2 Å². The minimum Gasteiger partial charge on any atom is -0.444 e. The van der Waals surface area contributed by atoms with Gasteiger partial charge in [0.2, 0.25) is 5.95 Å². The van der Waals surface area contributed by atoms with Crippen molar-refractivity contribution in [2.75, 3.05) is 35.2 Å². The van der Waals surface area contributed by atoms with Crippen molar-refractivity contribution in [1.82, 2.24) is 15.3 Å². The Morgan fingerprint density at radius 3 is 2.53 bits per heavy atom. The van der Waals surface area contributed by atoms with E-state index in [1.807, 2.05) is 58.9 Å². The second kappa shape index (κ2) is 14.0. The van der Waals surface area contributed by atoms with Crippen molar-refractivity contribution in [1.29, 1.82) is 0 Å². The first kappa shape index (κ1) is 28.5. The first-order valence-corrected chi connectivity index (χ1v) is 14.9. The van der Waals surface area contributed by atoms with Gasteiger partial charge in [-0.1, -0.05) is 59.2 Å². The van der Waals surface area contributed by atoms with E-state index in [1.54, 1.807) is 21.6 Å². The first-order chi connectivity index (χ1) is 16.1. The molecular weight excluding hydrogens is 514 g/mol. The number of aromatic nitrogens is 2. The Morgan fingerprint density at radius 2 is 1.85 bits per heavy atom. The maximum atomic E-state index is 12.6. The maximum Gasteiger partial charge on any atom is 0.407 e. The highest BCUT2D eigenvalue weighted by Crippen LogP contribution is 2.28. The SMILES string of the molecule is CC(C)S(=O)c1ccccc1Nc1nc(NCCSSCCNC(=O)OC(C)(C)C)ncc1Cl. The van der Waals surface area contributed by atoms with Gasteiger partial charge in [-0.05, 0) is 32.9 Å². The van der Waals surface area contributed by atoms with Crippen molar-refractivity contribution in [3.63, 3.8) is 0 Å². The summed E-state index contributed by atoms with van der Waals surface area (Å²) >= 11 is 6.29. The predicted octanol–water partition coefficient (Wildman–Crippen LogP) is 5.71. The Bertz CT molecular complexity index is 973. The molecule has 0 saturated heterocycles. The molecule has 0 aliphatic rings. The van der Waals surface area contributed by atoms with Gasteiger partial charge in [-0.25, -0.2) is 9.78 Å². The summed E-state index contributed by atoms with van der Waals surface area (Å²) in [4.78, 5) is 21.0. The number of carbonyl (C=O) groups excluding carboxylic acids is 1. The number of anilines is 3. The van der Waals surface area contributed by atoms with Crippen LogP contribution in [0.15, 0.2) is 35.4 Å².